The van der Waals surface area contributed by atoms with Crippen molar-refractivity contribution >= 4 is 23.0 Å². The number of nitrogens with zero attached hydrogens (tertiary/aromatic N) is 1. The highest BCUT2D eigenvalue weighted by molar-refractivity contribution is 6.33. The third kappa shape index (κ3) is 2.90. The van der Waals surface area contributed by atoms with E-state index in [0.29, 0.717) is 10.7 Å². The van der Waals surface area contributed by atoms with Gasteiger partial charge in [0.05, 0.1) is 16.3 Å². The summed E-state index contributed by atoms with van der Waals surface area (Å²) in [7, 11) is 0. The fraction of sp³-hybridized carbons (Fsp3) is 0.571. The molecule has 1 aromatic rings. The van der Waals surface area contributed by atoms with Gasteiger partial charge in [0, 0.05) is 18.8 Å². The van der Waals surface area contributed by atoms with Crippen molar-refractivity contribution in [3.8, 4) is 0 Å². The minimum Gasteiger partial charge on any atom is -0.398 e. The topological polar surface area (TPSA) is 49.5 Å². The van der Waals surface area contributed by atoms with Crippen LogP contribution in [0, 0.1) is 6.92 Å². The molecule has 1 aliphatic heterocycles. The molecule has 100 valence electrons. The van der Waals surface area contributed by atoms with Crippen molar-refractivity contribution in [2.45, 2.75) is 38.7 Å². The largest absolute Gasteiger partial charge is 0.398 e. The Hall–Kier alpha value is -0.930. The molecule has 0 aliphatic carbocycles. The molecule has 0 bridgehead atoms. The molecule has 1 fully saturated rings. The van der Waals surface area contributed by atoms with Gasteiger partial charge in [-0.2, -0.15) is 0 Å². The van der Waals surface area contributed by atoms with Crippen molar-refractivity contribution in [2.24, 2.45) is 0 Å². The van der Waals surface area contributed by atoms with Gasteiger partial charge in [0.1, 0.15) is 0 Å². The highest BCUT2D eigenvalue weighted by Gasteiger charge is 2.25. The molecule has 1 saturated heterocycles. The van der Waals surface area contributed by atoms with Gasteiger partial charge in [0.2, 0.25) is 0 Å². The number of hydrogen-bond donors (Lipinski definition) is 2. The Morgan fingerprint density at radius 3 is 2.78 bits per heavy atom. The third-order valence-corrected chi connectivity index (χ3v) is 4.05. The Labute approximate surface area is 114 Å². The lowest BCUT2D eigenvalue weighted by Gasteiger charge is -2.26. The fourth-order valence-electron chi connectivity index (χ4n) is 2.54. The molecule has 3 N–H and O–H groups in total. The zero-order valence-electron chi connectivity index (χ0n) is 11.0. The number of halogens is 1. The lowest BCUT2D eigenvalue weighted by atomic mass is 9.98. The average Bonchev–Trinajstić information content (AvgIpc) is 2.45. The van der Waals surface area contributed by atoms with Gasteiger partial charge in [0.25, 0.3) is 0 Å². The summed E-state index contributed by atoms with van der Waals surface area (Å²) < 4.78 is 0. The predicted molar refractivity (Wildman–Crippen MR) is 77.3 cm³/mol. The van der Waals surface area contributed by atoms with Crippen LogP contribution in [-0.4, -0.2) is 23.8 Å². The summed E-state index contributed by atoms with van der Waals surface area (Å²) in [6.07, 6.45) is 2.63. The number of hydrogen-bond acceptors (Lipinski definition) is 3. The van der Waals surface area contributed by atoms with Gasteiger partial charge < -0.3 is 15.7 Å². The van der Waals surface area contributed by atoms with Crippen molar-refractivity contribution < 1.29 is 5.11 Å². The minimum absolute atomic E-state index is 0.541. The molecule has 0 amide bonds. The molecule has 3 nitrogen and oxygen atoms in total. The third-order valence-electron chi connectivity index (χ3n) is 3.72. The summed E-state index contributed by atoms with van der Waals surface area (Å²) in [5, 5.41) is 10.7. The molecular formula is C14H21ClN2O. The molecular weight excluding hydrogens is 248 g/mol. The van der Waals surface area contributed by atoms with Crippen molar-refractivity contribution in [3.63, 3.8) is 0 Å². The van der Waals surface area contributed by atoms with E-state index in [9.17, 15) is 5.11 Å². The minimum atomic E-state index is -0.541. The van der Waals surface area contributed by atoms with Crippen LogP contribution in [0.4, 0.5) is 11.4 Å². The summed E-state index contributed by atoms with van der Waals surface area (Å²) in [6.45, 7) is 5.77. The first-order valence-corrected chi connectivity index (χ1v) is 6.80. The second kappa shape index (κ2) is 4.98. The van der Waals surface area contributed by atoms with Gasteiger partial charge in [-0.15, -0.1) is 0 Å². The van der Waals surface area contributed by atoms with E-state index >= 15 is 0 Å². The predicted octanol–water partition coefficient (Wildman–Crippen LogP) is 2.97. The SMILES string of the molecule is Cc1cc(N)c(Cl)cc1N1CCCC(C)(O)CC1. The highest BCUT2D eigenvalue weighted by atomic mass is 35.5. The number of rotatable bonds is 1. The van der Waals surface area contributed by atoms with Crippen LogP contribution in [0.2, 0.25) is 5.02 Å². The maximum atomic E-state index is 10.1. The number of benzene rings is 1. The van der Waals surface area contributed by atoms with E-state index in [1.807, 2.05) is 26.0 Å². The van der Waals surface area contributed by atoms with E-state index < -0.39 is 5.60 Å². The zero-order chi connectivity index (χ0) is 13.3. The Kier molecular flexibility index (Phi) is 3.74. The summed E-state index contributed by atoms with van der Waals surface area (Å²) in [5.74, 6) is 0. The Balaban J connectivity index is 2.24. The molecule has 1 aliphatic rings. The van der Waals surface area contributed by atoms with Crippen LogP contribution < -0.4 is 10.6 Å². The Morgan fingerprint density at radius 1 is 1.33 bits per heavy atom. The average molecular weight is 269 g/mol. The van der Waals surface area contributed by atoms with E-state index in [-0.39, 0.29) is 0 Å². The van der Waals surface area contributed by atoms with Gasteiger partial charge in [-0.25, -0.2) is 0 Å². The van der Waals surface area contributed by atoms with Crippen LogP contribution in [0.5, 0.6) is 0 Å². The molecule has 1 unspecified atom stereocenters. The number of aliphatic hydroxyl groups is 1. The lowest BCUT2D eigenvalue weighted by Crippen LogP contribution is -2.28. The molecule has 4 heteroatoms. The Bertz CT molecular complexity index is 446. The molecule has 0 radical (unpaired) electrons. The van der Waals surface area contributed by atoms with Crippen LogP contribution in [0.25, 0.3) is 0 Å². The van der Waals surface area contributed by atoms with E-state index in [1.165, 1.54) is 0 Å². The van der Waals surface area contributed by atoms with Gasteiger partial charge in [-0.1, -0.05) is 11.6 Å². The van der Waals surface area contributed by atoms with Gasteiger partial charge in [-0.05, 0) is 50.8 Å². The Morgan fingerprint density at radius 2 is 2.06 bits per heavy atom. The molecule has 1 atom stereocenters. The normalized spacial score (nSPS) is 25.0. The second-order valence-electron chi connectivity index (χ2n) is 5.50. The number of anilines is 2. The molecule has 2 rings (SSSR count). The monoisotopic (exact) mass is 268 g/mol. The van der Waals surface area contributed by atoms with Crippen LogP contribution >= 0.6 is 11.6 Å². The van der Waals surface area contributed by atoms with Gasteiger partial charge in [-0.3, -0.25) is 0 Å². The van der Waals surface area contributed by atoms with Gasteiger partial charge in [0.15, 0.2) is 0 Å². The molecule has 0 spiro atoms. The van der Waals surface area contributed by atoms with Crippen molar-refractivity contribution in [1.82, 2.24) is 0 Å². The highest BCUT2D eigenvalue weighted by Crippen LogP contribution is 2.32. The van der Waals surface area contributed by atoms with Crippen LogP contribution in [0.15, 0.2) is 12.1 Å². The summed E-state index contributed by atoms with van der Waals surface area (Å²) in [6, 6.07) is 3.85. The molecule has 1 aromatic carbocycles. The van der Waals surface area contributed by atoms with E-state index in [0.717, 1.165) is 43.6 Å². The molecule has 0 aromatic heterocycles. The number of aryl methyl sites for hydroxylation is 1. The fourth-order valence-corrected chi connectivity index (χ4v) is 2.70. The standard InChI is InChI=1S/C14H21ClN2O/c1-10-8-12(16)11(15)9-13(10)17-6-3-4-14(2,18)5-7-17/h8-9,18H,3-7,16H2,1-2H3. The number of nitrogens with two attached hydrogens (primary N) is 1. The molecule has 1 heterocycles. The summed E-state index contributed by atoms with van der Waals surface area (Å²) in [5.41, 5.74) is 8.15. The molecule has 0 saturated carbocycles. The van der Waals surface area contributed by atoms with E-state index in [2.05, 4.69) is 4.90 Å². The van der Waals surface area contributed by atoms with Crippen molar-refractivity contribution in [2.75, 3.05) is 23.7 Å². The summed E-state index contributed by atoms with van der Waals surface area (Å²) in [4.78, 5) is 2.29. The van der Waals surface area contributed by atoms with Crippen LogP contribution in [0.3, 0.4) is 0 Å². The van der Waals surface area contributed by atoms with Crippen LogP contribution in [0.1, 0.15) is 31.7 Å². The first kappa shape index (κ1) is 13.5. The van der Waals surface area contributed by atoms with E-state index in [1.54, 1.807) is 0 Å². The first-order valence-electron chi connectivity index (χ1n) is 6.42. The summed E-state index contributed by atoms with van der Waals surface area (Å²) >= 11 is 6.10. The zero-order valence-corrected chi connectivity index (χ0v) is 11.8. The molecule has 18 heavy (non-hydrogen) atoms. The second-order valence-corrected chi connectivity index (χ2v) is 5.90. The van der Waals surface area contributed by atoms with Gasteiger partial charge >= 0.3 is 0 Å². The maximum Gasteiger partial charge on any atom is 0.0656 e. The lowest BCUT2D eigenvalue weighted by molar-refractivity contribution is 0.0481. The van der Waals surface area contributed by atoms with Crippen molar-refractivity contribution in [1.29, 1.82) is 0 Å². The number of nitrogen functional groups attached to an aromatic ring is 1. The van der Waals surface area contributed by atoms with Crippen molar-refractivity contribution in [3.05, 3.63) is 22.7 Å². The van der Waals surface area contributed by atoms with E-state index in [4.69, 9.17) is 17.3 Å². The smallest absolute Gasteiger partial charge is 0.0656 e. The maximum absolute atomic E-state index is 10.1. The van der Waals surface area contributed by atoms with Crippen LogP contribution in [-0.2, 0) is 0 Å². The quantitative estimate of drug-likeness (QED) is 0.770. The first-order chi connectivity index (χ1) is 8.39.